The number of rotatable bonds is 4. The molecule has 0 saturated carbocycles. The van der Waals surface area contributed by atoms with E-state index in [1.54, 1.807) is 16.7 Å². The third-order valence-corrected chi connectivity index (χ3v) is 3.85. The summed E-state index contributed by atoms with van der Waals surface area (Å²) in [6.07, 6.45) is 1.37. The van der Waals surface area contributed by atoms with Gasteiger partial charge in [-0.25, -0.2) is 0 Å². The van der Waals surface area contributed by atoms with Crippen LogP contribution in [0.5, 0.6) is 0 Å². The average Bonchev–Trinajstić information content (AvgIpc) is 2.18. The summed E-state index contributed by atoms with van der Waals surface area (Å²) < 4.78 is 0. The molecule has 2 atom stereocenters. The first kappa shape index (κ1) is 11.9. The third kappa shape index (κ3) is 2.89. The van der Waals surface area contributed by atoms with Crippen LogP contribution in [0, 0.1) is 0 Å². The average molecular weight is 217 g/mol. The number of nitrogens with zero attached hydrogens (tertiary/aromatic N) is 1. The molecule has 1 heterocycles. The van der Waals surface area contributed by atoms with Crippen molar-refractivity contribution in [2.75, 3.05) is 18.8 Å². The van der Waals surface area contributed by atoms with Crippen molar-refractivity contribution in [1.82, 2.24) is 4.90 Å². The summed E-state index contributed by atoms with van der Waals surface area (Å²) in [6.45, 7) is 5.28. The summed E-state index contributed by atoms with van der Waals surface area (Å²) in [7, 11) is 0. The number of likely N-dealkylation sites (tertiary alicyclic amines) is 1. The molecule has 1 amide bonds. The Balaban J connectivity index is 2.51. The summed E-state index contributed by atoms with van der Waals surface area (Å²) in [5.74, 6) is 1.21. The van der Waals surface area contributed by atoms with Crippen LogP contribution in [-0.2, 0) is 4.79 Å². The van der Waals surface area contributed by atoms with Crippen molar-refractivity contribution in [3.8, 4) is 0 Å². The molecule has 3 nitrogen and oxygen atoms in total. The van der Waals surface area contributed by atoms with Gasteiger partial charge < -0.3 is 10.0 Å². The molecule has 1 rings (SSSR count). The number of hydrogen-bond acceptors (Lipinski definition) is 3. The zero-order valence-corrected chi connectivity index (χ0v) is 9.72. The highest BCUT2D eigenvalue weighted by Gasteiger charge is 2.32. The smallest absolute Gasteiger partial charge is 0.235 e. The van der Waals surface area contributed by atoms with Crippen LogP contribution in [0.1, 0.15) is 26.7 Å². The third-order valence-electron chi connectivity index (χ3n) is 2.41. The summed E-state index contributed by atoms with van der Waals surface area (Å²) >= 11 is 1.68. The van der Waals surface area contributed by atoms with Crippen LogP contribution in [0.15, 0.2) is 0 Å². The number of carbonyl (C=O) groups excluding carboxylic acids is 1. The maximum atomic E-state index is 11.8. The minimum absolute atomic E-state index is 0.0151. The van der Waals surface area contributed by atoms with E-state index in [0.29, 0.717) is 19.5 Å². The van der Waals surface area contributed by atoms with Gasteiger partial charge in [0.25, 0.3) is 0 Å². The predicted molar refractivity (Wildman–Crippen MR) is 59.4 cm³/mol. The Hall–Kier alpha value is -0.220. The van der Waals surface area contributed by atoms with Crippen LogP contribution in [0.3, 0.4) is 0 Å². The Morgan fingerprint density at radius 2 is 2.29 bits per heavy atom. The lowest BCUT2D eigenvalue weighted by Crippen LogP contribution is -2.48. The number of thioether (sulfide) groups is 1. The van der Waals surface area contributed by atoms with Crippen LogP contribution in [0.4, 0.5) is 0 Å². The lowest BCUT2D eigenvalue weighted by Gasteiger charge is -2.34. The second-order valence-corrected chi connectivity index (χ2v) is 4.94. The van der Waals surface area contributed by atoms with Gasteiger partial charge in [-0.2, -0.15) is 0 Å². The van der Waals surface area contributed by atoms with E-state index in [1.807, 2.05) is 6.92 Å². The molecule has 0 aromatic rings. The van der Waals surface area contributed by atoms with Crippen molar-refractivity contribution >= 4 is 17.7 Å². The van der Waals surface area contributed by atoms with Gasteiger partial charge in [0.1, 0.15) is 0 Å². The van der Waals surface area contributed by atoms with E-state index in [1.165, 1.54) is 0 Å². The fourth-order valence-electron chi connectivity index (χ4n) is 1.65. The van der Waals surface area contributed by atoms with Crippen molar-refractivity contribution in [2.45, 2.75) is 38.0 Å². The highest BCUT2D eigenvalue weighted by Crippen LogP contribution is 2.24. The second-order valence-electron chi connectivity index (χ2n) is 3.63. The quantitative estimate of drug-likeness (QED) is 0.767. The predicted octanol–water partition coefficient (Wildman–Crippen LogP) is 1.11. The monoisotopic (exact) mass is 217 g/mol. The van der Waals surface area contributed by atoms with Gasteiger partial charge in [-0.3, -0.25) is 4.79 Å². The van der Waals surface area contributed by atoms with E-state index in [2.05, 4.69) is 6.92 Å². The molecular formula is C10H19NO2S. The molecule has 0 bridgehead atoms. The summed E-state index contributed by atoms with van der Waals surface area (Å²) in [6, 6.07) is 0. The number of piperidine rings is 1. The Bertz CT molecular complexity index is 199. The minimum atomic E-state index is -0.331. The fourth-order valence-corrected chi connectivity index (χ4v) is 2.82. The topological polar surface area (TPSA) is 40.5 Å². The number of amides is 1. The molecule has 0 aromatic carbocycles. The van der Waals surface area contributed by atoms with E-state index < -0.39 is 0 Å². The molecule has 1 aliphatic heterocycles. The van der Waals surface area contributed by atoms with Crippen LogP contribution in [0.25, 0.3) is 0 Å². The lowest BCUT2D eigenvalue weighted by molar-refractivity contribution is -0.135. The number of aliphatic hydroxyl groups is 1. The van der Waals surface area contributed by atoms with Gasteiger partial charge >= 0.3 is 0 Å². The highest BCUT2D eigenvalue weighted by molar-refractivity contribution is 8.00. The number of likely N-dealkylation sites (N-methyl/N-ethyl adjacent to an activating group) is 1. The summed E-state index contributed by atoms with van der Waals surface area (Å²) in [5, 5.41) is 9.58. The Labute approximate surface area is 89.9 Å². The van der Waals surface area contributed by atoms with Crippen LogP contribution >= 0.6 is 11.8 Å². The van der Waals surface area contributed by atoms with Gasteiger partial charge in [-0.15, -0.1) is 11.8 Å². The van der Waals surface area contributed by atoms with Crippen molar-refractivity contribution in [3.63, 3.8) is 0 Å². The van der Waals surface area contributed by atoms with Gasteiger partial charge in [0.05, 0.1) is 11.4 Å². The number of aliphatic hydroxyl groups excluding tert-OH is 1. The highest BCUT2D eigenvalue weighted by atomic mass is 32.2. The van der Waals surface area contributed by atoms with E-state index >= 15 is 0 Å². The fraction of sp³-hybridized carbons (Fsp3) is 0.900. The van der Waals surface area contributed by atoms with E-state index in [4.69, 9.17) is 0 Å². The first-order chi connectivity index (χ1) is 6.69. The standard InChI is InChI=1S/C10H19NO2S/c1-3-5-14-9-6-8(12)7-11(4-2)10(9)13/h8-9,12H,3-7H2,1-2H3. The van der Waals surface area contributed by atoms with Crippen molar-refractivity contribution in [3.05, 3.63) is 0 Å². The summed E-state index contributed by atoms with van der Waals surface area (Å²) in [5.41, 5.74) is 0. The SMILES string of the molecule is CCCSC1CC(O)CN(CC)C1=O. The van der Waals surface area contributed by atoms with Crippen LogP contribution in [0.2, 0.25) is 0 Å². The summed E-state index contributed by atoms with van der Waals surface area (Å²) in [4.78, 5) is 13.6. The van der Waals surface area contributed by atoms with Crippen molar-refractivity contribution < 1.29 is 9.90 Å². The molecule has 0 aromatic heterocycles. The molecule has 1 aliphatic rings. The first-order valence-corrected chi connectivity index (χ1v) is 6.32. The Morgan fingerprint density at radius 3 is 2.86 bits per heavy atom. The molecule has 82 valence electrons. The minimum Gasteiger partial charge on any atom is -0.391 e. The zero-order valence-electron chi connectivity index (χ0n) is 8.90. The molecule has 4 heteroatoms. The molecular weight excluding hydrogens is 198 g/mol. The largest absolute Gasteiger partial charge is 0.391 e. The van der Waals surface area contributed by atoms with Gasteiger partial charge in [0, 0.05) is 13.1 Å². The Kier molecular flexibility index (Phi) is 4.75. The molecule has 0 aliphatic carbocycles. The van der Waals surface area contributed by atoms with Gasteiger partial charge in [-0.05, 0) is 25.5 Å². The Morgan fingerprint density at radius 1 is 1.57 bits per heavy atom. The zero-order chi connectivity index (χ0) is 10.6. The molecule has 1 saturated heterocycles. The molecule has 1 N–H and O–H groups in total. The van der Waals surface area contributed by atoms with Crippen molar-refractivity contribution in [1.29, 1.82) is 0 Å². The van der Waals surface area contributed by atoms with Crippen LogP contribution < -0.4 is 0 Å². The van der Waals surface area contributed by atoms with E-state index in [9.17, 15) is 9.90 Å². The second kappa shape index (κ2) is 5.61. The van der Waals surface area contributed by atoms with Crippen molar-refractivity contribution in [2.24, 2.45) is 0 Å². The number of carbonyl (C=O) groups is 1. The molecule has 0 spiro atoms. The first-order valence-electron chi connectivity index (χ1n) is 5.27. The maximum Gasteiger partial charge on any atom is 0.235 e. The molecule has 1 fully saturated rings. The molecule has 14 heavy (non-hydrogen) atoms. The molecule has 2 unspecified atom stereocenters. The number of hydrogen-bond donors (Lipinski definition) is 1. The van der Waals surface area contributed by atoms with Gasteiger partial charge in [0.2, 0.25) is 5.91 Å². The normalized spacial score (nSPS) is 28.2. The van der Waals surface area contributed by atoms with Crippen LogP contribution in [-0.4, -0.2) is 46.1 Å². The van der Waals surface area contributed by atoms with E-state index in [0.717, 1.165) is 12.2 Å². The van der Waals surface area contributed by atoms with Gasteiger partial charge in [-0.1, -0.05) is 6.92 Å². The molecule has 0 radical (unpaired) electrons. The lowest BCUT2D eigenvalue weighted by atomic mass is 10.1. The van der Waals surface area contributed by atoms with Gasteiger partial charge in [0.15, 0.2) is 0 Å². The maximum absolute atomic E-state index is 11.8. The van der Waals surface area contributed by atoms with E-state index in [-0.39, 0.29) is 17.3 Å². The number of β-amino-alcohol motifs (C(OH)–C–C–N with tert-alkyl or cyclic N) is 1.